The molecular weight excluding hydrogens is 375 g/mol. The van der Waals surface area contributed by atoms with Crippen LogP contribution in [0.2, 0.25) is 0 Å². The maximum Gasteiger partial charge on any atom is 0.459 e. The number of amides is 1. The van der Waals surface area contributed by atoms with E-state index < -0.39 is 42.8 Å². The van der Waals surface area contributed by atoms with Crippen LogP contribution in [0.15, 0.2) is 0 Å². The van der Waals surface area contributed by atoms with Crippen molar-refractivity contribution < 1.29 is 49.0 Å². The lowest BCUT2D eigenvalue weighted by atomic mass is 10.0. The van der Waals surface area contributed by atoms with E-state index in [1.165, 1.54) is 0 Å². The molecule has 1 fully saturated rings. The number of carbonyl (C=O) groups excluding carboxylic acids is 1. The zero-order chi connectivity index (χ0) is 19.5. The van der Waals surface area contributed by atoms with Gasteiger partial charge in [-0.2, -0.15) is 39.5 Å². The second-order valence-electron chi connectivity index (χ2n) is 5.37. The van der Waals surface area contributed by atoms with Gasteiger partial charge in [-0.25, -0.2) is 0 Å². The van der Waals surface area contributed by atoms with Crippen LogP contribution in [0.1, 0.15) is 6.42 Å². The van der Waals surface area contributed by atoms with Gasteiger partial charge in [-0.1, -0.05) is 0 Å². The summed E-state index contributed by atoms with van der Waals surface area (Å²) in [5, 5.41) is 1.55. The van der Waals surface area contributed by atoms with E-state index in [0.717, 1.165) is 0 Å². The molecule has 1 heterocycles. The lowest BCUT2D eigenvalue weighted by molar-refractivity contribution is -0.361. The van der Waals surface area contributed by atoms with Crippen molar-refractivity contribution in [2.45, 2.75) is 30.4 Å². The number of ether oxygens (including phenoxy) is 1. The van der Waals surface area contributed by atoms with Crippen molar-refractivity contribution in [3.05, 3.63) is 0 Å². The van der Waals surface area contributed by atoms with E-state index in [2.05, 4.69) is 0 Å². The average molecular weight is 390 g/mol. The fraction of sp³-hybridized carbons (Fsp3) is 0.917. The Hall–Kier alpha value is -1.24. The Morgan fingerprint density at radius 1 is 0.960 bits per heavy atom. The van der Waals surface area contributed by atoms with Gasteiger partial charge < -0.3 is 10.1 Å². The maximum atomic E-state index is 13.4. The molecule has 0 aliphatic carbocycles. The topological polar surface area (TPSA) is 41.6 Å². The van der Waals surface area contributed by atoms with Gasteiger partial charge in [0.25, 0.3) is 5.91 Å². The van der Waals surface area contributed by atoms with Gasteiger partial charge in [0.2, 0.25) is 0 Å². The minimum atomic E-state index is -6.74. The average Bonchev–Trinajstić information content (AvgIpc) is 2.45. The first kappa shape index (κ1) is 21.8. The molecule has 4 nitrogen and oxygen atoms in total. The summed E-state index contributed by atoms with van der Waals surface area (Å²) >= 11 is 0. The largest absolute Gasteiger partial charge is 0.459 e. The monoisotopic (exact) mass is 390 g/mol. The van der Waals surface area contributed by atoms with Gasteiger partial charge in [0.1, 0.15) is 0 Å². The summed E-state index contributed by atoms with van der Waals surface area (Å²) < 4.78 is 119. The Morgan fingerprint density at radius 2 is 1.48 bits per heavy atom. The molecule has 1 amide bonds. The van der Waals surface area contributed by atoms with Gasteiger partial charge in [0.05, 0.1) is 19.6 Å². The molecule has 13 heteroatoms. The van der Waals surface area contributed by atoms with E-state index in [9.17, 15) is 44.3 Å². The second-order valence-corrected chi connectivity index (χ2v) is 5.37. The number of morpholine rings is 1. The van der Waals surface area contributed by atoms with Crippen molar-refractivity contribution in [2.24, 2.45) is 0 Å². The predicted octanol–water partition coefficient (Wildman–Crippen LogP) is 2.29. The highest BCUT2D eigenvalue weighted by Crippen LogP contribution is 2.50. The maximum absolute atomic E-state index is 13.4. The molecule has 0 spiro atoms. The van der Waals surface area contributed by atoms with Crippen LogP contribution in [0.5, 0.6) is 0 Å². The minimum absolute atomic E-state index is 0.0558. The van der Waals surface area contributed by atoms with E-state index in [-0.39, 0.29) is 6.54 Å². The van der Waals surface area contributed by atoms with E-state index in [4.69, 9.17) is 4.74 Å². The molecule has 1 aliphatic rings. The molecule has 0 aromatic rings. The molecule has 1 N–H and O–H groups in total. The number of alkyl halides is 9. The van der Waals surface area contributed by atoms with Gasteiger partial charge in [-0.15, -0.1) is 0 Å². The third-order valence-corrected chi connectivity index (χ3v) is 3.41. The van der Waals surface area contributed by atoms with Crippen LogP contribution < -0.4 is 5.32 Å². The number of halogens is 9. The number of nitrogens with one attached hydrogen (secondary N) is 1. The van der Waals surface area contributed by atoms with Crippen molar-refractivity contribution >= 4 is 5.91 Å². The number of rotatable bonds is 7. The molecule has 0 unspecified atom stereocenters. The summed E-state index contributed by atoms with van der Waals surface area (Å²) in [7, 11) is 0. The summed E-state index contributed by atoms with van der Waals surface area (Å²) in [6.45, 7) is 1.23. The van der Waals surface area contributed by atoms with Crippen molar-refractivity contribution in [3.63, 3.8) is 0 Å². The van der Waals surface area contributed by atoms with Gasteiger partial charge in [0.15, 0.2) is 0 Å². The molecule has 0 aromatic heterocycles. The van der Waals surface area contributed by atoms with Crippen molar-refractivity contribution in [2.75, 3.05) is 39.4 Å². The van der Waals surface area contributed by atoms with Crippen LogP contribution in [0.25, 0.3) is 0 Å². The third kappa shape index (κ3) is 5.36. The van der Waals surface area contributed by atoms with Crippen molar-refractivity contribution in [1.29, 1.82) is 0 Å². The molecular formula is C12H15F9N2O2. The molecule has 0 bridgehead atoms. The second kappa shape index (κ2) is 7.56. The summed E-state index contributed by atoms with van der Waals surface area (Å²) in [5.41, 5.74) is 0. The number of nitrogens with zero attached hydrogens (tertiary/aromatic N) is 1. The van der Waals surface area contributed by atoms with Crippen molar-refractivity contribution in [1.82, 2.24) is 10.2 Å². The summed E-state index contributed by atoms with van der Waals surface area (Å²) in [4.78, 5) is 12.9. The highest BCUT2D eigenvalue weighted by molar-refractivity contribution is 5.83. The number of carbonyl (C=O) groups is 1. The fourth-order valence-electron chi connectivity index (χ4n) is 1.96. The molecule has 148 valence electrons. The molecule has 25 heavy (non-hydrogen) atoms. The summed E-state index contributed by atoms with van der Waals surface area (Å²) in [5.74, 6) is -20.3. The van der Waals surface area contributed by atoms with Crippen LogP contribution >= 0.6 is 0 Å². The SMILES string of the molecule is O=C(NCCN1CCOCC1)C(F)(F)CC(F)(F)C(F)(F)C(F)(F)F. The highest BCUT2D eigenvalue weighted by Gasteiger charge is 2.75. The fourth-order valence-corrected chi connectivity index (χ4v) is 1.96. The highest BCUT2D eigenvalue weighted by atomic mass is 19.4. The first-order valence-corrected chi connectivity index (χ1v) is 6.99. The van der Waals surface area contributed by atoms with E-state index in [0.29, 0.717) is 26.3 Å². The zero-order valence-corrected chi connectivity index (χ0v) is 12.6. The van der Waals surface area contributed by atoms with Crippen LogP contribution in [0.3, 0.4) is 0 Å². The first-order chi connectivity index (χ1) is 11.2. The van der Waals surface area contributed by atoms with Crippen LogP contribution in [-0.2, 0) is 9.53 Å². The van der Waals surface area contributed by atoms with Crippen molar-refractivity contribution in [3.8, 4) is 0 Å². The number of hydrogen-bond donors (Lipinski definition) is 1. The summed E-state index contributed by atoms with van der Waals surface area (Å²) in [6, 6.07) is 0. The predicted molar refractivity (Wildman–Crippen MR) is 65.8 cm³/mol. The van der Waals surface area contributed by atoms with Gasteiger partial charge in [-0.05, 0) is 0 Å². The molecule has 0 saturated carbocycles. The lowest BCUT2D eigenvalue weighted by Gasteiger charge is -2.30. The third-order valence-electron chi connectivity index (χ3n) is 3.41. The van der Waals surface area contributed by atoms with Crippen LogP contribution in [0, 0.1) is 0 Å². The van der Waals surface area contributed by atoms with E-state index in [1.54, 1.807) is 10.2 Å². The zero-order valence-electron chi connectivity index (χ0n) is 12.6. The standard InChI is InChI=1S/C12H15F9N2O2/c13-9(14,7-10(15,16)11(17,18)12(19,20)21)8(24)22-1-2-23-3-5-25-6-4-23/h1-7H2,(H,22,24). The Kier molecular flexibility index (Phi) is 6.59. The summed E-state index contributed by atoms with van der Waals surface area (Å²) in [6.07, 6.45) is -10.0. The lowest BCUT2D eigenvalue weighted by Crippen LogP contribution is -2.56. The molecule has 0 atom stereocenters. The van der Waals surface area contributed by atoms with Gasteiger partial charge in [-0.3, -0.25) is 9.69 Å². The Labute approximate surface area is 136 Å². The quantitative estimate of drug-likeness (QED) is 0.679. The molecule has 0 radical (unpaired) electrons. The van der Waals surface area contributed by atoms with Gasteiger partial charge >= 0.3 is 23.9 Å². The normalized spacial score (nSPS) is 18.3. The van der Waals surface area contributed by atoms with E-state index >= 15 is 0 Å². The smallest absolute Gasteiger partial charge is 0.379 e. The van der Waals surface area contributed by atoms with E-state index in [1.807, 2.05) is 0 Å². The first-order valence-electron chi connectivity index (χ1n) is 6.99. The minimum Gasteiger partial charge on any atom is -0.379 e. The Balaban J connectivity index is 2.61. The molecule has 1 aliphatic heterocycles. The molecule has 1 saturated heterocycles. The Morgan fingerprint density at radius 3 is 1.96 bits per heavy atom. The van der Waals surface area contributed by atoms with Gasteiger partial charge in [0, 0.05) is 26.2 Å². The molecule has 1 rings (SSSR count). The number of hydrogen-bond acceptors (Lipinski definition) is 3. The Bertz CT molecular complexity index is 462. The molecule has 0 aromatic carbocycles. The van der Waals surface area contributed by atoms with Crippen LogP contribution in [0.4, 0.5) is 39.5 Å². The van der Waals surface area contributed by atoms with Crippen LogP contribution in [-0.4, -0.2) is 74.1 Å².